The minimum atomic E-state index is -0.536. The molecule has 0 unspecified atom stereocenters. The van der Waals surface area contributed by atoms with Crippen molar-refractivity contribution in [1.82, 2.24) is 5.16 Å². The maximum Gasteiger partial charge on any atom is 0.271 e. The number of aromatic nitrogens is 1. The van der Waals surface area contributed by atoms with Gasteiger partial charge < -0.3 is 10.3 Å². The summed E-state index contributed by atoms with van der Waals surface area (Å²) in [5, 5.41) is 4.48. The van der Waals surface area contributed by atoms with Crippen LogP contribution in [0.2, 0.25) is 5.02 Å². The zero-order chi connectivity index (χ0) is 13.2. The highest BCUT2D eigenvalue weighted by Crippen LogP contribution is 2.57. The molecule has 2 aromatic rings. The molecule has 96 valence electrons. The smallest absolute Gasteiger partial charge is 0.271 e. The molecule has 1 amide bonds. The topological polar surface area (TPSA) is 69.1 Å². The summed E-state index contributed by atoms with van der Waals surface area (Å²) in [6, 6.07) is 5.84. The van der Waals surface area contributed by atoms with Crippen LogP contribution in [0.5, 0.6) is 0 Å². The van der Waals surface area contributed by atoms with E-state index in [2.05, 4.69) is 11.2 Å². The number of carbonyl (C=O) groups excluding carboxylic acids is 1. The van der Waals surface area contributed by atoms with Crippen LogP contribution in [0.25, 0.3) is 11.3 Å². The number of rotatable bonds is 1. The van der Waals surface area contributed by atoms with E-state index in [9.17, 15) is 4.79 Å². The van der Waals surface area contributed by atoms with Crippen molar-refractivity contribution < 1.29 is 9.32 Å². The van der Waals surface area contributed by atoms with Crippen LogP contribution in [-0.4, -0.2) is 11.1 Å². The molecule has 4 nitrogen and oxygen atoms in total. The van der Waals surface area contributed by atoms with Crippen molar-refractivity contribution in [2.75, 3.05) is 0 Å². The molecule has 0 atom stereocenters. The van der Waals surface area contributed by atoms with Gasteiger partial charge in [0.15, 0.2) is 11.5 Å². The standard InChI is InChI=1S/C14H11ClN2O2/c15-7-1-2-10-8(5-7)12-9(6-14(10)3-4-14)11(13(16)18)17-19-12/h1-2,5H,3-4,6H2,(H2,16,18). The highest BCUT2D eigenvalue weighted by atomic mass is 35.5. The Kier molecular flexibility index (Phi) is 1.97. The number of hydrogen-bond donors (Lipinski definition) is 1. The summed E-state index contributed by atoms with van der Waals surface area (Å²) in [6.07, 6.45) is 3.01. The number of fused-ring (bicyclic) bond motifs is 4. The van der Waals surface area contributed by atoms with Crippen LogP contribution in [0, 0.1) is 0 Å². The average molecular weight is 275 g/mol. The molecule has 2 aliphatic carbocycles. The monoisotopic (exact) mass is 274 g/mol. The molecular formula is C14H11ClN2O2. The first-order chi connectivity index (χ1) is 9.11. The summed E-state index contributed by atoms with van der Waals surface area (Å²) in [4.78, 5) is 11.4. The molecular weight excluding hydrogens is 264 g/mol. The Morgan fingerprint density at radius 3 is 2.89 bits per heavy atom. The number of primary amides is 1. The van der Waals surface area contributed by atoms with E-state index in [-0.39, 0.29) is 11.1 Å². The summed E-state index contributed by atoms with van der Waals surface area (Å²) in [5.41, 5.74) is 8.77. The Hall–Kier alpha value is -1.81. The number of carbonyl (C=O) groups is 1. The molecule has 2 aliphatic rings. The largest absolute Gasteiger partial charge is 0.364 e. The number of nitrogens with two attached hydrogens (primary N) is 1. The Morgan fingerprint density at radius 1 is 1.42 bits per heavy atom. The third kappa shape index (κ3) is 1.40. The first kappa shape index (κ1) is 11.1. The first-order valence-corrected chi connectivity index (χ1v) is 6.57. The number of benzene rings is 1. The van der Waals surface area contributed by atoms with Gasteiger partial charge >= 0.3 is 0 Å². The minimum absolute atomic E-state index is 0.128. The predicted molar refractivity (Wildman–Crippen MR) is 70.1 cm³/mol. The molecule has 1 saturated carbocycles. The third-order valence-corrected chi connectivity index (χ3v) is 4.42. The fourth-order valence-electron chi connectivity index (χ4n) is 3.08. The SMILES string of the molecule is NC(=O)c1noc2c1CC1(CC1)c1ccc(Cl)cc1-2. The van der Waals surface area contributed by atoms with E-state index in [1.165, 1.54) is 5.56 Å². The molecule has 19 heavy (non-hydrogen) atoms. The molecule has 0 radical (unpaired) electrons. The molecule has 1 spiro atoms. The minimum Gasteiger partial charge on any atom is -0.364 e. The van der Waals surface area contributed by atoms with Crippen molar-refractivity contribution in [3.63, 3.8) is 0 Å². The predicted octanol–water partition coefficient (Wildman–Crippen LogP) is 2.68. The highest BCUT2D eigenvalue weighted by Gasteiger charge is 2.50. The van der Waals surface area contributed by atoms with Gasteiger partial charge in [0.05, 0.1) is 0 Å². The van der Waals surface area contributed by atoms with E-state index >= 15 is 0 Å². The van der Waals surface area contributed by atoms with Gasteiger partial charge in [0.25, 0.3) is 5.91 Å². The van der Waals surface area contributed by atoms with Gasteiger partial charge in [-0.1, -0.05) is 22.8 Å². The highest BCUT2D eigenvalue weighted by molar-refractivity contribution is 6.30. The number of nitrogens with zero attached hydrogens (tertiary/aromatic N) is 1. The van der Waals surface area contributed by atoms with Gasteiger partial charge in [0.2, 0.25) is 0 Å². The molecule has 4 rings (SSSR count). The van der Waals surface area contributed by atoms with E-state index in [1.54, 1.807) is 0 Å². The van der Waals surface area contributed by atoms with Crippen molar-refractivity contribution in [1.29, 1.82) is 0 Å². The van der Waals surface area contributed by atoms with E-state index in [0.717, 1.165) is 30.4 Å². The summed E-state index contributed by atoms with van der Waals surface area (Å²) in [7, 11) is 0. The second-order valence-electron chi connectivity index (χ2n) is 5.35. The van der Waals surface area contributed by atoms with Crippen molar-refractivity contribution in [2.24, 2.45) is 5.73 Å². The van der Waals surface area contributed by atoms with Gasteiger partial charge in [-0.3, -0.25) is 4.79 Å². The zero-order valence-corrected chi connectivity index (χ0v) is 10.8. The van der Waals surface area contributed by atoms with Crippen molar-refractivity contribution in [2.45, 2.75) is 24.7 Å². The maximum absolute atomic E-state index is 11.4. The molecule has 1 fully saturated rings. The summed E-state index contributed by atoms with van der Waals surface area (Å²) < 4.78 is 5.34. The van der Waals surface area contributed by atoms with E-state index in [1.807, 2.05) is 12.1 Å². The Morgan fingerprint density at radius 2 is 2.21 bits per heavy atom. The van der Waals surface area contributed by atoms with Gasteiger partial charge in [-0.05, 0) is 37.0 Å². The molecule has 0 bridgehead atoms. The van der Waals surface area contributed by atoms with E-state index in [4.69, 9.17) is 21.9 Å². The van der Waals surface area contributed by atoms with Crippen LogP contribution in [0.4, 0.5) is 0 Å². The van der Waals surface area contributed by atoms with Crippen LogP contribution in [0.15, 0.2) is 22.7 Å². The van der Waals surface area contributed by atoms with Crippen LogP contribution < -0.4 is 5.73 Å². The number of hydrogen-bond acceptors (Lipinski definition) is 3. The second-order valence-corrected chi connectivity index (χ2v) is 5.79. The quantitative estimate of drug-likeness (QED) is 0.869. The number of amides is 1. The Labute approximate surface area is 114 Å². The molecule has 2 N–H and O–H groups in total. The van der Waals surface area contributed by atoms with Crippen molar-refractivity contribution in [3.05, 3.63) is 40.0 Å². The van der Waals surface area contributed by atoms with Crippen molar-refractivity contribution in [3.8, 4) is 11.3 Å². The molecule has 1 aromatic carbocycles. The fraction of sp³-hybridized carbons (Fsp3) is 0.286. The summed E-state index contributed by atoms with van der Waals surface area (Å²) >= 11 is 6.07. The molecule has 1 heterocycles. The number of halogens is 1. The van der Waals surface area contributed by atoms with Crippen LogP contribution in [-0.2, 0) is 11.8 Å². The first-order valence-electron chi connectivity index (χ1n) is 6.19. The lowest BCUT2D eigenvalue weighted by molar-refractivity contribution is 0.0991. The zero-order valence-electron chi connectivity index (χ0n) is 10.1. The van der Waals surface area contributed by atoms with Crippen LogP contribution in [0.3, 0.4) is 0 Å². The van der Waals surface area contributed by atoms with Crippen LogP contribution >= 0.6 is 11.6 Å². The molecule has 1 aromatic heterocycles. The lowest BCUT2D eigenvalue weighted by Gasteiger charge is -2.24. The second kappa shape index (κ2) is 3.39. The Balaban J connectivity index is 2.01. The average Bonchev–Trinajstić information content (AvgIpc) is 2.99. The fourth-order valence-corrected chi connectivity index (χ4v) is 3.25. The maximum atomic E-state index is 11.4. The Bertz CT molecular complexity index is 716. The van der Waals surface area contributed by atoms with E-state index < -0.39 is 5.91 Å². The van der Waals surface area contributed by atoms with Gasteiger partial charge in [0.1, 0.15) is 0 Å². The van der Waals surface area contributed by atoms with Gasteiger partial charge in [0, 0.05) is 21.6 Å². The lowest BCUT2D eigenvalue weighted by atomic mass is 9.79. The third-order valence-electron chi connectivity index (χ3n) is 4.19. The molecule has 5 heteroatoms. The van der Waals surface area contributed by atoms with Gasteiger partial charge in [-0.25, -0.2) is 0 Å². The summed E-state index contributed by atoms with van der Waals surface area (Å²) in [6.45, 7) is 0. The van der Waals surface area contributed by atoms with Gasteiger partial charge in [-0.15, -0.1) is 0 Å². The van der Waals surface area contributed by atoms with Crippen LogP contribution in [0.1, 0.15) is 34.5 Å². The van der Waals surface area contributed by atoms with Crippen molar-refractivity contribution >= 4 is 17.5 Å². The molecule has 0 aliphatic heterocycles. The lowest BCUT2D eigenvalue weighted by Crippen LogP contribution is -2.21. The van der Waals surface area contributed by atoms with Gasteiger partial charge in [-0.2, -0.15) is 0 Å². The van der Waals surface area contributed by atoms with E-state index in [0.29, 0.717) is 10.8 Å². The summed E-state index contributed by atoms with van der Waals surface area (Å²) in [5.74, 6) is 0.107. The normalized spacial score (nSPS) is 17.9. The molecule has 0 saturated heterocycles.